The molecule has 2 rings (SSSR count). The second kappa shape index (κ2) is 6.37. The van der Waals surface area contributed by atoms with Gasteiger partial charge in [0.05, 0.1) is 24.8 Å². The summed E-state index contributed by atoms with van der Waals surface area (Å²) in [5.74, 6) is 0.110. The van der Waals surface area contributed by atoms with E-state index in [9.17, 15) is 4.79 Å². The highest BCUT2D eigenvalue weighted by atomic mass is 35.5. The first kappa shape index (κ1) is 15.0. The van der Waals surface area contributed by atoms with Gasteiger partial charge in [0.1, 0.15) is 5.75 Å². The fraction of sp³-hybridized carbons (Fsp3) is 0.133. The van der Waals surface area contributed by atoms with Crippen molar-refractivity contribution in [2.45, 2.75) is 0 Å². The number of benzene rings is 2. The lowest BCUT2D eigenvalue weighted by atomic mass is 10.1. The molecule has 6 heteroatoms. The third kappa shape index (κ3) is 3.38. The summed E-state index contributed by atoms with van der Waals surface area (Å²) in [7, 11) is 2.86. The van der Waals surface area contributed by atoms with Crippen LogP contribution in [0.15, 0.2) is 36.4 Å². The predicted molar refractivity (Wildman–Crippen MR) is 83.5 cm³/mol. The van der Waals surface area contributed by atoms with E-state index in [4.69, 9.17) is 22.1 Å². The second-order valence-electron chi connectivity index (χ2n) is 4.27. The first-order valence-corrected chi connectivity index (χ1v) is 6.51. The van der Waals surface area contributed by atoms with Crippen LogP contribution in [0.25, 0.3) is 0 Å². The summed E-state index contributed by atoms with van der Waals surface area (Å²) in [6.45, 7) is 0. The van der Waals surface area contributed by atoms with Gasteiger partial charge in [-0.3, -0.25) is 0 Å². The monoisotopic (exact) mass is 306 g/mol. The minimum absolute atomic E-state index is 0.308. The van der Waals surface area contributed by atoms with E-state index >= 15 is 0 Å². The van der Waals surface area contributed by atoms with Gasteiger partial charge in [-0.2, -0.15) is 0 Å². The van der Waals surface area contributed by atoms with E-state index < -0.39 is 5.97 Å². The van der Waals surface area contributed by atoms with Gasteiger partial charge in [-0.1, -0.05) is 11.6 Å². The number of nitrogen functional groups attached to an aromatic ring is 1. The molecule has 0 radical (unpaired) electrons. The summed E-state index contributed by atoms with van der Waals surface area (Å²) in [6, 6.07) is 10.3. The number of hydrogen-bond acceptors (Lipinski definition) is 5. The Morgan fingerprint density at radius 3 is 2.43 bits per heavy atom. The Hall–Kier alpha value is -2.40. The fourth-order valence-corrected chi connectivity index (χ4v) is 2.09. The highest BCUT2D eigenvalue weighted by Crippen LogP contribution is 2.29. The fourth-order valence-electron chi connectivity index (χ4n) is 1.83. The minimum atomic E-state index is -0.482. The Labute approximate surface area is 127 Å². The molecule has 0 saturated heterocycles. The van der Waals surface area contributed by atoms with Crippen LogP contribution in [0, 0.1) is 0 Å². The molecule has 5 nitrogen and oxygen atoms in total. The van der Waals surface area contributed by atoms with E-state index in [-0.39, 0.29) is 0 Å². The Balaban J connectivity index is 2.27. The lowest BCUT2D eigenvalue weighted by molar-refractivity contribution is 0.0602. The van der Waals surface area contributed by atoms with Gasteiger partial charge < -0.3 is 20.5 Å². The second-order valence-corrected chi connectivity index (χ2v) is 4.68. The standard InChI is InChI=1S/C15H15ClN2O3/c1-20-14-6-4-10(8-12(14)16)18-9-3-5-13(17)11(7-9)15(19)21-2/h3-8,18H,17H2,1-2H3. The number of esters is 1. The molecule has 2 aromatic carbocycles. The lowest BCUT2D eigenvalue weighted by Crippen LogP contribution is -2.06. The van der Waals surface area contributed by atoms with Gasteiger partial charge in [-0.25, -0.2) is 4.79 Å². The van der Waals surface area contributed by atoms with Crippen molar-refractivity contribution < 1.29 is 14.3 Å². The molecule has 3 N–H and O–H groups in total. The van der Waals surface area contributed by atoms with Gasteiger partial charge in [0, 0.05) is 17.1 Å². The van der Waals surface area contributed by atoms with Crippen molar-refractivity contribution in [2.24, 2.45) is 0 Å². The van der Waals surface area contributed by atoms with Crippen molar-refractivity contribution >= 4 is 34.6 Å². The molecule has 0 aliphatic heterocycles. The van der Waals surface area contributed by atoms with Crippen LogP contribution in [0.5, 0.6) is 5.75 Å². The number of nitrogens with one attached hydrogen (secondary N) is 1. The van der Waals surface area contributed by atoms with Crippen LogP contribution in [0.2, 0.25) is 5.02 Å². The van der Waals surface area contributed by atoms with Crippen LogP contribution in [0.4, 0.5) is 17.1 Å². The highest BCUT2D eigenvalue weighted by molar-refractivity contribution is 6.32. The molecule has 0 heterocycles. The van der Waals surface area contributed by atoms with Crippen LogP contribution in [0.1, 0.15) is 10.4 Å². The van der Waals surface area contributed by atoms with E-state index in [1.165, 1.54) is 7.11 Å². The van der Waals surface area contributed by atoms with E-state index in [1.54, 1.807) is 37.4 Å². The highest BCUT2D eigenvalue weighted by Gasteiger charge is 2.11. The summed E-state index contributed by atoms with van der Waals surface area (Å²) in [4.78, 5) is 11.6. The van der Waals surface area contributed by atoms with E-state index in [0.717, 1.165) is 5.69 Å². The number of carbonyl (C=O) groups is 1. The molecule has 0 aliphatic rings. The van der Waals surface area contributed by atoms with Crippen LogP contribution in [-0.2, 0) is 4.74 Å². The summed E-state index contributed by atoms with van der Waals surface area (Å²) < 4.78 is 9.78. The number of ether oxygens (including phenoxy) is 2. The molecule has 0 fully saturated rings. The normalized spacial score (nSPS) is 10.0. The van der Waals surface area contributed by atoms with Gasteiger partial charge in [-0.15, -0.1) is 0 Å². The zero-order valence-corrected chi connectivity index (χ0v) is 12.4. The smallest absolute Gasteiger partial charge is 0.340 e. The summed E-state index contributed by atoms with van der Waals surface area (Å²) in [6.07, 6.45) is 0. The zero-order valence-electron chi connectivity index (χ0n) is 11.6. The Bertz CT molecular complexity index is 674. The molecule has 0 bridgehead atoms. The van der Waals surface area contributed by atoms with Crippen molar-refractivity contribution in [1.29, 1.82) is 0 Å². The van der Waals surface area contributed by atoms with Gasteiger partial charge in [0.2, 0.25) is 0 Å². The molecule has 0 atom stereocenters. The van der Waals surface area contributed by atoms with Crippen molar-refractivity contribution in [3.8, 4) is 5.75 Å². The van der Waals surface area contributed by atoms with E-state index in [1.807, 2.05) is 6.07 Å². The number of methoxy groups -OCH3 is 2. The topological polar surface area (TPSA) is 73.6 Å². The Kier molecular flexibility index (Phi) is 4.55. The van der Waals surface area contributed by atoms with Gasteiger partial charge in [-0.05, 0) is 36.4 Å². The largest absolute Gasteiger partial charge is 0.495 e. The van der Waals surface area contributed by atoms with Crippen LogP contribution in [-0.4, -0.2) is 20.2 Å². The number of rotatable bonds is 4. The molecule has 0 aromatic heterocycles. The number of halogens is 1. The predicted octanol–water partition coefficient (Wildman–Crippen LogP) is 3.46. The first-order valence-electron chi connectivity index (χ1n) is 6.13. The van der Waals surface area contributed by atoms with Gasteiger partial charge >= 0.3 is 5.97 Å². The van der Waals surface area contributed by atoms with Crippen molar-refractivity contribution in [3.05, 3.63) is 47.0 Å². The molecule has 2 aromatic rings. The lowest BCUT2D eigenvalue weighted by Gasteiger charge is -2.11. The molecule has 110 valence electrons. The Morgan fingerprint density at radius 1 is 1.14 bits per heavy atom. The minimum Gasteiger partial charge on any atom is -0.495 e. The van der Waals surface area contributed by atoms with Gasteiger partial charge in [0.25, 0.3) is 0 Å². The summed E-state index contributed by atoms with van der Waals surface area (Å²) in [5, 5.41) is 3.63. The maximum atomic E-state index is 11.6. The van der Waals surface area contributed by atoms with Gasteiger partial charge in [0.15, 0.2) is 0 Å². The van der Waals surface area contributed by atoms with Crippen molar-refractivity contribution in [3.63, 3.8) is 0 Å². The molecule has 0 saturated carbocycles. The number of anilines is 3. The molecule has 0 spiro atoms. The van der Waals surface area contributed by atoms with Crippen molar-refractivity contribution in [2.75, 3.05) is 25.3 Å². The number of hydrogen-bond donors (Lipinski definition) is 2. The Morgan fingerprint density at radius 2 is 1.81 bits per heavy atom. The molecule has 0 unspecified atom stereocenters. The maximum Gasteiger partial charge on any atom is 0.340 e. The SMILES string of the molecule is COC(=O)c1cc(Nc2ccc(OC)c(Cl)c2)ccc1N. The maximum absolute atomic E-state index is 11.6. The van der Waals surface area contributed by atoms with E-state index in [0.29, 0.717) is 27.7 Å². The molecule has 0 aliphatic carbocycles. The number of carbonyl (C=O) groups excluding carboxylic acids is 1. The third-order valence-electron chi connectivity index (χ3n) is 2.90. The summed E-state index contributed by atoms with van der Waals surface area (Å²) in [5.41, 5.74) is 7.89. The van der Waals surface area contributed by atoms with Crippen molar-refractivity contribution in [1.82, 2.24) is 0 Å². The van der Waals surface area contributed by atoms with E-state index in [2.05, 4.69) is 10.1 Å². The average Bonchev–Trinajstić information content (AvgIpc) is 2.48. The zero-order chi connectivity index (χ0) is 15.4. The molecule has 21 heavy (non-hydrogen) atoms. The molecular weight excluding hydrogens is 292 g/mol. The first-order chi connectivity index (χ1) is 10.0. The summed E-state index contributed by atoms with van der Waals surface area (Å²) >= 11 is 6.07. The van der Waals surface area contributed by atoms with Crippen LogP contribution < -0.4 is 15.8 Å². The van der Waals surface area contributed by atoms with Crippen LogP contribution >= 0.6 is 11.6 Å². The molecule has 0 amide bonds. The average molecular weight is 307 g/mol. The number of nitrogens with two attached hydrogens (primary N) is 1. The molecular formula is C15H15ClN2O3. The van der Waals surface area contributed by atoms with Crippen LogP contribution in [0.3, 0.4) is 0 Å². The third-order valence-corrected chi connectivity index (χ3v) is 3.19. The quantitative estimate of drug-likeness (QED) is 0.668.